The van der Waals surface area contributed by atoms with Gasteiger partial charge in [0.05, 0.1) is 17.8 Å². The maximum Gasteiger partial charge on any atom is 0.416 e. The van der Waals surface area contributed by atoms with E-state index in [1.54, 1.807) is 0 Å². The lowest BCUT2D eigenvalue weighted by Crippen LogP contribution is -2.38. The number of halogens is 5. The van der Waals surface area contributed by atoms with Crippen molar-refractivity contribution in [2.45, 2.75) is 46.5 Å². The van der Waals surface area contributed by atoms with Crippen LogP contribution in [0.25, 0.3) is 0 Å². The molecule has 0 saturated carbocycles. The van der Waals surface area contributed by atoms with Crippen molar-refractivity contribution in [2.24, 2.45) is 4.99 Å². The number of guanidine groups is 1. The number of aliphatic imine (C=N–C) groups is 1. The van der Waals surface area contributed by atoms with E-state index in [2.05, 4.69) is 20.7 Å². The van der Waals surface area contributed by atoms with Crippen molar-refractivity contribution < 1.29 is 17.6 Å². The Hall–Kier alpha value is -1.85. The van der Waals surface area contributed by atoms with Crippen LogP contribution >= 0.6 is 24.0 Å². The average Bonchev–Trinajstić information content (AvgIpc) is 2.93. The molecule has 0 radical (unpaired) electrons. The van der Waals surface area contributed by atoms with Crippen LogP contribution in [0.2, 0.25) is 0 Å². The molecule has 2 rings (SSSR count). The van der Waals surface area contributed by atoms with E-state index < -0.39 is 17.6 Å². The molecular weight excluding hydrogens is 501 g/mol. The minimum absolute atomic E-state index is 0. The van der Waals surface area contributed by atoms with E-state index in [-0.39, 0.29) is 36.1 Å². The molecule has 0 amide bonds. The number of hydrogen-bond donors (Lipinski definition) is 2. The molecule has 0 unspecified atom stereocenters. The van der Waals surface area contributed by atoms with Crippen molar-refractivity contribution in [1.82, 2.24) is 20.4 Å². The summed E-state index contributed by atoms with van der Waals surface area (Å²) in [5.74, 6) is -0.512. The Labute approximate surface area is 185 Å². The van der Waals surface area contributed by atoms with E-state index in [9.17, 15) is 17.6 Å². The van der Waals surface area contributed by atoms with Gasteiger partial charge >= 0.3 is 6.18 Å². The van der Waals surface area contributed by atoms with Gasteiger partial charge in [-0.2, -0.15) is 18.3 Å². The summed E-state index contributed by atoms with van der Waals surface area (Å²) in [6.45, 7) is 7.46. The average molecular weight is 527 g/mol. The van der Waals surface area contributed by atoms with Crippen LogP contribution < -0.4 is 10.6 Å². The van der Waals surface area contributed by atoms with E-state index in [4.69, 9.17) is 0 Å². The van der Waals surface area contributed by atoms with Gasteiger partial charge in [-0.05, 0) is 51.0 Å². The molecule has 5 nitrogen and oxygen atoms in total. The number of nitrogens with zero attached hydrogens (tertiary/aromatic N) is 3. The third kappa shape index (κ3) is 7.82. The molecule has 1 heterocycles. The Morgan fingerprint density at radius 2 is 1.90 bits per heavy atom. The van der Waals surface area contributed by atoms with E-state index in [1.165, 1.54) is 0 Å². The Bertz CT molecular complexity index is 817. The summed E-state index contributed by atoms with van der Waals surface area (Å²) < 4.78 is 54.4. The summed E-state index contributed by atoms with van der Waals surface area (Å²) in [6.07, 6.45) is -3.85. The molecule has 0 spiro atoms. The second-order valence-corrected chi connectivity index (χ2v) is 6.42. The smallest absolute Gasteiger partial charge is 0.357 e. The van der Waals surface area contributed by atoms with Gasteiger partial charge in [-0.3, -0.25) is 4.68 Å². The first kappa shape index (κ1) is 25.2. The SMILES string of the molecule is CCNC(=NCc1ccc(F)cc1C(F)(F)F)NCCCn1nc(C)cc1C.I. The van der Waals surface area contributed by atoms with Gasteiger partial charge < -0.3 is 10.6 Å². The summed E-state index contributed by atoms with van der Waals surface area (Å²) in [6, 6.07) is 4.63. The molecule has 162 valence electrons. The second kappa shape index (κ2) is 11.4. The highest BCUT2D eigenvalue weighted by Gasteiger charge is 2.33. The summed E-state index contributed by atoms with van der Waals surface area (Å²) >= 11 is 0. The van der Waals surface area contributed by atoms with Gasteiger partial charge in [0.1, 0.15) is 5.82 Å². The van der Waals surface area contributed by atoms with Crippen molar-refractivity contribution in [3.05, 3.63) is 52.6 Å². The predicted molar refractivity (Wildman–Crippen MR) is 116 cm³/mol. The second-order valence-electron chi connectivity index (χ2n) is 6.42. The van der Waals surface area contributed by atoms with Crippen molar-refractivity contribution in [3.8, 4) is 0 Å². The first-order valence-corrected chi connectivity index (χ1v) is 9.09. The quantitative estimate of drug-likeness (QED) is 0.184. The van der Waals surface area contributed by atoms with E-state index in [0.29, 0.717) is 25.1 Å². The van der Waals surface area contributed by atoms with Crippen LogP contribution in [0, 0.1) is 19.7 Å². The number of aryl methyl sites for hydroxylation is 3. The molecule has 0 aliphatic carbocycles. The standard InChI is InChI=1S/C19H25F4N5.HI/c1-4-24-18(25-8-5-9-28-14(3)10-13(2)27-28)26-12-15-6-7-16(20)11-17(15)19(21,22)23;/h6-7,10-11H,4-5,8-9,12H2,1-3H3,(H2,24,25,26);1H. The molecule has 2 aromatic rings. The van der Waals surface area contributed by atoms with E-state index >= 15 is 0 Å². The molecule has 0 fully saturated rings. The lowest BCUT2D eigenvalue weighted by atomic mass is 10.1. The number of hydrogen-bond acceptors (Lipinski definition) is 2. The molecule has 29 heavy (non-hydrogen) atoms. The molecule has 0 aliphatic heterocycles. The van der Waals surface area contributed by atoms with Crippen molar-refractivity contribution in [3.63, 3.8) is 0 Å². The summed E-state index contributed by atoms with van der Waals surface area (Å²) in [5.41, 5.74) is 0.958. The zero-order valence-electron chi connectivity index (χ0n) is 16.6. The molecule has 0 saturated heterocycles. The minimum atomic E-state index is -4.63. The number of alkyl halides is 3. The lowest BCUT2D eigenvalue weighted by Gasteiger charge is -2.14. The predicted octanol–water partition coefficient (Wildman–Crippen LogP) is 4.42. The zero-order chi connectivity index (χ0) is 20.7. The first-order valence-electron chi connectivity index (χ1n) is 9.09. The summed E-state index contributed by atoms with van der Waals surface area (Å²) in [5, 5.41) is 10.5. The molecule has 10 heteroatoms. The Balaban J connectivity index is 0.00000420. The normalized spacial score (nSPS) is 11.9. The fraction of sp³-hybridized carbons (Fsp3) is 0.474. The fourth-order valence-corrected chi connectivity index (χ4v) is 2.79. The van der Waals surface area contributed by atoms with Crippen LogP contribution in [0.5, 0.6) is 0 Å². The van der Waals surface area contributed by atoms with Gasteiger partial charge in [-0.25, -0.2) is 9.38 Å². The molecule has 2 N–H and O–H groups in total. The Morgan fingerprint density at radius 3 is 2.48 bits per heavy atom. The highest BCUT2D eigenvalue weighted by molar-refractivity contribution is 14.0. The molecule has 0 bridgehead atoms. The lowest BCUT2D eigenvalue weighted by molar-refractivity contribution is -0.138. The topological polar surface area (TPSA) is 54.2 Å². The third-order valence-electron chi connectivity index (χ3n) is 4.07. The first-order chi connectivity index (χ1) is 13.2. The monoisotopic (exact) mass is 527 g/mol. The zero-order valence-corrected chi connectivity index (χ0v) is 18.9. The summed E-state index contributed by atoms with van der Waals surface area (Å²) in [7, 11) is 0. The van der Waals surface area contributed by atoms with Crippen LogP contribution in [0.15, 0.2) is 29.3 Å². The Morgan fingerprint density at radius 1 is 1.17 bits per heavy atom. The van der Waals surface area contributed by atoms with Crippen LogP contribution in [-0.4, -0.2) is 28.8 Å². The minimum Gasteiger partial charge on any atom is -0.357 e. The van der Waals surface area contributed by atoms with Crippen LogP contribution in [0.3, 0.4) is 0 Å². The van der Waals surface area contributed by atoms with Crippen LogP contribution in [0.4, 0.5) is 17.6 Å². The van der Waals surface area contributed by atoms with Crippen molar-refractivity contribution >= 4 is 29.9 Å². The Kier molecular flexibility index (Phi) is 9.87. The summed E-state index contributed by atoms with van der Waals surface area (Å²) in [4.78, 5) is 4.20. The molecular formula is C19H26F4IN5. The molecule has 0 aliphatic rings. The highest BCUT2D eigenvalue weighted by atomic mass is 127. The number of benzene rings is 1. The third-order valence-corrected chi connectivity index (χ3v) is 4.07. The largest absolute Gasteiger partial charge is 0.416 e. The van der Waals surface area contributed by atoms with Crippen LogP contribution in [0.1, 0.15) is 35.9 Å². The molecule has 1 aromatic carbocycles. The van der Waals surface area contributed by atoms with Gasteiger partial charge in [0.25, 0.3) is 0 Å². The van der Waals surface area contributed by atoms with E-state index in [0.717, 1.165) is 36.5 Å². The highest BCUT2D eigenvalue weighted by Crippen LogP contribution is 2.32. The van der Waals surface area contributed by atoms with Gasteiger partial charge in [0, 0.05) is 25.3 Å². The van der Waals surface area contributed by atoms with Crippen molar-refractivity contribution in [2.75, 3.05) is 13.1 Å². The van der Waals surface area contributed by atoms with Crippen molar-refractivity contribution in [1.29, 1.82) is 0 Å². The van der Waals surface area contributed by atoms with Gasteiger partial charge in [-0.1, -0.05) is 6.07 Å². The molecule has 0 atom stereocenters. The van der Waals surface area contributed by atoms with Crippen LogP contribution in [-0.2, 0) is 19.3 Å². The molecule has 1 aromatic heterocycles. The van der Waals surface area contributed by atoms with Gasteiger partial charge in [-0.15, -0.1) is 24.0 Å². The van der Waals surface area contributed by atoms with Gasteiger partial charge in [0.15, 0.2) is 5.96 Å². The maximum atomic E-state index is 13.2. The fourth-order valence-electron chi connectivity index (χ4n) is 2.79. The van der Waals surface area contributed by atoms with E-state index in [1.807, 2.05) is 31.5 Å². The van der Waals surface area contributed by atoms with Gasteiger partial charge in [0.2, 0.25) is 0 Å². The number of nitrogens with one attached hydrogen (secondary N) is 2. The maximum absolute atomic E-state index is 13.2. The number of aromatic nitrogens is 2. The number of rotatable bonds is 7.